The number of rotatable bonds is 3. The van der Waals surface area contributed by atoms with Gasteiger partial charge in [0.05, 0.1) is 28.0 Å². The number of halogens is 5. The second kappa shape index (κ2) is 7.04. The zero-order valence-electron chi connectivity index (χ0n) is 14.8. The summed E-state index contributed by atoms with van der Waals surface area (Å²) in [5, 5.41) is 7.65. The molecule has 4 rings (SSSR count). The van der Waals surface area contributed by atoms with E-state index in [0.29, 0.717) is 0 Å². The van der Waals surface area contributed by atoms with Crippen molar-refractivity contribution in [1.29, 1.82) is 0 Å². The summed E-state index contributed by atoms with van der Waals surface area (Å²) in [6.07, 6.45) is -3.69. The molecule has 0 N–H and O–H groups in total. The number of nitrogens with zero attached hydrogens (tertiary/aromatic N) is 3. The minimum Gasteiger partial charge on any atom is -0.356 e. The maximum absolute atomic E-state index is 14.1. The quantitative estimate of drug-likeness (QED) is 0.364. The molecule has 0 aliphatic carbocycles. The van der Waals surface area contributed by atoms with Crippen LogP contribution in [0.15, 0.2) is 59.3 Å². The molecule has 0 aliphatic heterocycles. The van der Waals surface area contributed by atoms with Crippen molar-refractivity contribution in [3.8, 4) is 28.3 Å². The standard InChI is InChI=1S/C20H12ClF4N3O/c1-11-5-7-12(8-6-11)28-19(20(23,24)25)13(10-26-28)17-9-16(27-29-17)18-14(21)3-2-4-15(18)22/h2-10H,1H3. The lowest BCUT2D eigenvalue weighted by Crippen LogP contribution is -2.14. The van der Waals surface area contributed by atoms with Crippen molar-refractivity contribution in [2.24, 2.45) is 0 Å². The molecule has 148 valence electrons. The minimum atomic E-state index is -4.72. The smallest absolute Gasteiger partial charge is 0.356 e. The number of benzene rings is 2. The van der Waals surface area contributed by atoms with Crippen molar-refractivity contribution >= 4 is 11.6 Å². The van der Waals surface area contributed by atoms with Gasteiger partial charge >= 0.3 is 6.18 Å². The Morgan fingerprint density at radius 3 is 2.45 bits per heavy atom. The second-order valence-corrected chi connectivity index (χ2v) is 6.73. The summed E-state index contributed by atoms with van der Waals surface area (Å²) < 4.78 is 61.5. The lowest BCUT2D eigenvalue weighted by Gasteiger charge is -2.12. The fourth-order valence-electron chi connectivity index (χ4n) is 2.95. The summed E-state index contributed by atoms with van der Waals surface area (Å²) in [5.41, 5.74) is -0.265. The van der Waals surface area contributed by atoms with Gasteiger partial charge in [0, 0.05) is 6.07 Å². The van der Waals surface area contributed by atoms with E-state index in [2.05, 4.69) is 10.3 Å². The third-order valence-electron chi connectivity index (χ3n) is 4.31. The van der Waals surface area contributed by atoms with Gasteiger partial charge in [-0.1, -0.05) is 40.5 Å². The van der Waals surface area contributed by atoms with Gasteiger partial charge in [0.15, 0.2) is 11.5 Å². The molecule has 0 radical (unpaired) electrons. The number of hydrogen-bond acceptors (Lipinski definition) is 3. The summed E-state index contributed by atoms with van der Waals surface area (Å²) in [6, 6.07) is 11.7. The van der Waals surface area contributed by atoms with Gasteiger partial charge in [0.1, 0.15) is 11.5 Å². The maximum atomic E-state index is 14.1. The highest BCUT2D eigenvalue weighted by molar-refractivity contribution is 6.33. The first kappa shape index (κ1) is 19.2. The molecule has 0 amide bonds. The largest absolute Gasteiger partial charge is 0.434 e. The normalized spacial score (nSPS) is 11.8. The van der Waals surface area contributed by atoms with E-state index in [9.17, 15) is 17.6 Å². The summed E-state index contributed by atoms with van der Waals surface area (Å²) in [5.74, 6) is -0.867. The second-order valence-electron chi connectivity index (χ2n) is 6.33. The van der Waals surface area contributed by atoms with E-state index in [1.807, 2.05) is 6.92 Å². The zero-order valence-corrected chi connectivity index (χ0v) is 15.6. The van der Waals surface area contributed by atoms with E-state index in [1.165, 1.54) is 36.4 Å². The van der Waals surface area contributed by atoms with Crippen molar-refractivity contribution in [1.82, 2.24) is 14.9 Å². The number of aryl methyl sites for hydroxylation is 1. The molecule has 0 unspecified atom stereocenters. The van der Waals surface area contributed by atoms with E-state index in [0.717, 1.165) is 16.4 Å². The molecule has 0 atom stereocenters. The molecule has 4 nitrogen and oxygen atoms in total. The van der Waals surface area contributed by atoms with Crippen LogP contribution in [0.3, 0.4) is 0 Å². The van der Waals surface area contributed by atoms with Crippen LogP contribution in [0.5, 0.6) is 0 Å². The van der Waals surface area contributed by atoms with E-state index in [4.69, 9.17) is 16.1 Å². The lowest BCUT2D eigenvalue weighted by atomic mass is 10.1. The third-order valence-corrected chi connectivity index (χ3v) is 4.63. The molecular formula is C20H12ClF4N3O. The first-order chi connectivity index (χ1) is 13.8. The summed E-state index contributed by atoms with van der Waals surface area (Å²) >= 11 is 6.00. The molecule has 4 aromatic rings. The molecule has 2 aromatic carbocycles. The van der Waals surface area contributed by atoms with Crippen LogP contribution in [0.2, 0.25) is 5.02 Å². The van der Waals surface area contributed by atoms with Gasteiger partial charge in [-0.3, -0.25) is 0 Å². The molecule has 0 bridgehead atoms. The molecule has 0 aliphatic rings. The number of aromatic nitrogens is 3. The van der Waals surface area contributed by atoms with Crippen LogP contribution < -0.4 is 0 Å². The third kappa shape index (κ3) is 3.51. The van der Waals surface area contributed by atoms with Gasteiger partial charge < -0.3 is 4.52 Å². The van der Waals surface area contributed by atoms with Crippen LogP contribution >= 0.6 is 11.6 Å². The zero-order chi connectivity index (χ0) is 20.8. The molecule has 0 saturated heterocycles. The fourth-order valence-corrected chi connectivity index (χ4v) is 3.21. The highest BCUT2D eigenvalue weighted by Crippen LogP contribution is 2.40. The van der Waals surface area contributed by atoms with Crippen LogP contribution in [0, 0.1) is 12.7 Å². The van der Waals surface area contributed by atoms with Gasteiger partial charge in [-0.25, -0.2) is 9.07 Å². The van der Waals surface area contributed by atoms with Gasteiger partial charge in [-0.05, 0) is 31.2 Å². The highest BCUT2D eigenvalue weighted by Gasteiger charge is 2.40. The average Bonchev–Trinajstić information content (AvgIpc) is 3.29. The summed E-state index contributed by atoms with van der Waals surface area (Å²) in [4.78, 5) is 0. The fraction of sp³-hybridized carbons (Fsp3) is 0.100. The Labute approximate surface area is 167 Å². The van der Waals surface area contributed by atoms with E-state index >= 15 is 0 Å². The lowest BCUT2D eigenvalue weighted by molar-refractivity contribution is -0.142. The highest BCUT2D eigenvalue weighted by atomic mass is 35.5. The molecule has 2 heterocycles. The van der Waals surface area contributed by atoms with Gasteiger partial charge in [0.25, 0.3) is 0 Å². The number of alkyl halides is 3. The summed E-state index contributed by atoms with van der Waals surface area (Å²) in [7, 11) is 0. The Morgan fingerprint density at radius 1 is 1.07 bits per heavy atom. The van der Waals surface area contributed by atoms with Crippen LogP contribution in [-0.4, -0.2) is 14.9 Å². The molecule has 9 heteroatoms. The van der Waals surface area contributed by atoms with Crippen LogP contribution in [0.4, 0.5) is 17.6 Å². The topological polar surface area (TPSA) is 43.9 Å². The Bertz CT molecular complexity index is 1160. The van der Waals surface area contributed by atoms with Crippen LogP contribution in [-0.2, 0) is 6.18 Å². The molecule has 0 saturated carbocycles. The molecule has 0 spiro atoms. The van der Waals surface area contributed by atoms with E-state index < -0.39 is 17.7 Å². The van der Waals surface area contributed by atoms with Gasteiger partial charge in [-0.2, -0.15) is 18.3 Å². The Hall–Kier alpha value is -3.13. The van der Waals surface area contributed by atoms with Crippen molar-refractivity contribution in [3.05, 3.63) is 76.8 Å². The van der Waals surface area contributed by atoms with Gasteiger partial charge in [-0.15, -0.1) is 0 Å². The summed E-state index contributed by atoms with van der Waals surface area (Å²) in [6.45, 7) is 1.83. The SMILES string of the molecule is Cc1ccc(-n2ncc(-c3cc(-c4c(F)cccc4Cl)no3)c2C(F)(F)F)cc1. The maximum Gasteiger partial charge on any atom is 0.434 e. The van der Waals surface area contributed by atoms with Crippen molar-refractivity contribution in [2.45, 2.75) is 13.1 Å². The van der Waals surface area contributed by atoms with Crippen molar-refractivity contribution < 1.29 is 22.1 Å². The molecule has 2 aromatic heterocycles. The Morgan fingerprint density at radius 2 is 1.79 bits per heavy atom. The first-order valence-corrected chi connectivity index (χ1v) is 8.77. The van der Waals surface area contributed by atoms with E-state index in [-0.39, 0.29) is 33.3 Å². The van der Waals surface area contributed by atoms with Crippen molar-refractivity contribution in [2.75, 3.05) is 0 Å². The predicted molar refractivity (Wildman–Crippen MR) is 99.2 cm³/mol. The Kier molecular flexibility index (Phi) is 4.66. The predicted octanol–water partition coefficient (Wildman–Crippen LogP) is 6.31. The molecular weight excluding hydrogens is 410 g/mol. The van der Waals surface area contributed by atoms with Crippen molar-refractivity contribution in [3.63, 3.8) is 0 Å². The number of hydrogen-bond donors (Lipinski definition) is 0. The molecule has 29 heavy (non-hydrogen) atoms. The molecule has 0 fully saturated rings. The van der Waals surface area contributed by atoms with Crippen LogP contribution in [0.25, 0.3) is 28.3 Å². The average molecular weight is 422 g/mol. The van der Waals surface area contributed by atoms with Crippen LogP contribution in [0.1, 0.15) is 11.3 Å². The minimum absolute atomic E-state index is 0.0145. The van der Waals surface area contributed by atoms with Gasteiger partial charge in [0.2, 0.25) is 0 Å². The monoisotopic (exact) mass is 421 g/mol. The Balaban J connectivity index is 1.85. The first-order valence-electron chi connectivity index (χ1n) is 8.39. The van der Waals surface area contributed by atoms with E-state index in [1.54, 1.807) is 12.1 Å².